The molecule has 1 aromatic rings. The van der Waals surface area contributed by atoms with Crippen LogP contribution < -0.4 is 4.72 Å². The fourth-order valence-corrected chi connectivity index (χ4v) is 3.37. The van der Waals surface area contributed by atoms with Crippen LogP contribution in [0, 0.1) is 5.82 Å². The molecule has 20 heavy (non-hydrogen) atoms. The molecule has 0 heterocycles. The highest BCUT2D eigenvalue weighted by Crippen LogP contribution is 2.42. The lowest BCUT2D eigenvalue weighted by atomic mass is 10.1. The maximum absolute atomic E-state index is 13.7. The average Bonchev–Trinajstić information content (AvgIpc) is 3.23. The van der Waals surface area contributed by atoms with Crippen LogP contribution in [0.2, 0.25) is 0 Å². The summed E-state index contributed by atoms with van der Waals surface area (Å²) in [6, 6.07) is 4.35. The minimum absolute atomic E-state index is 0.192. The van der Waals surface area contributed by atoms with Crippen molar-refractivity contribution >= 4 is 15.9 Å². The van der Waals surface area contributed by atoms with Gasteiger partial charge in [-0.25, -0.2) is 17.5 Å². The van der Waals surface area contributed by atoms with Crippen molar-refractivity contribution in [2.75, 3.05) is 0 Å². The zero-order chi connectivity index (χ0) is 14.5. The van der Waals surface area contributed by atoms with Gasteiger partial charge < -0.3 is 0 Å². The maximum Gasteiger partial charge on any atom is 0.267 e. The van der Waals surface area contributed by atoms with E-state index in [-0.39, 0.29) is 5.56 Å². The molecule has 1 N–H and O–H groups in total. The Morgan fingerprint density at radius 2 is 2.00 bits per heavy atom. The van der Waals surface area contributed by atoms with Gasteiger partial charge in [0.2, 0.25) is 10.0 Å². The zero-order valence-corrected chi connectivity index (χ0v) is 12.0. The molecule has 2 aliphatic rings. The summed E-state index contributed by atoms with van der Waals surface area (Å²) in [5, 5.41) is 0. The van der Waals surface area contributed by atoms with Gasteiger partial charge in [-0.15, -0.1) is 0 Å². The van der Waals surface area contributed by atoms with E-state index in [9.17, 15) is 17.6 Å². The Kier molecular flexibility index (Phi) is 2.90. The van der Waals surface area contributed by atoms with Crippen molar-refractivity contribution in [3.8, 4) is 0 Å². The molecule has 1 amide bonds. The van der Waals surface area contributed by atoms with Crippen LogP contribution in [0.25, 0.3) is 0 Å². The van der Waals surface area contributed by atoms with E-state index >= 15 is 0 Å². The number of rotatable bonds is 4. The molecule has 6 heteroatoms. The van der Waals surface area contributed by atoms with Gasteiger partial charge in [0.1, 0.15) is 5.82 Å². The molecular formula is C14H16FNO3S. The third kappa shape index (κ3) is 2.32. The van der Waals surface area contributed by atoms with Crippen LogP contribution in [-0.4, -0.2) is 19.1 Å². The van der Waals surface area contributed by atoms with Crippen LogP contribution in [0.1, 0.15) is 54.4 Å². The van der Waals surface area contributed by atoms with Gasteiger partial charge in [-0.1, -0.05) is 6.07 Å². The van der Waals surface area contributed by atoms with E-state index in [2.05, 4.69) is 0 Å². The monoisotopic (exact) mass is 297 g/mol. The Bertz CT molecular complexity index is 676. The molecule has 0 saturated heterocycles. The van der Waals surface area contributed by atoms with Crippen molar-refractivity contribution in [2.45, 2.75) is 43.3 Å². The molecule has 1 aromatic carbocycles. The van der Waals surface area contributed by atoms with Gasteiger partial charge in [-0.2, -0.15) is 0 Å². The van der Waals surface area contributed by atoms with E-state index in [1.165, 1.54) is 12.1 Å². The summed E-state index contributed by atoms with van der Waals surface area (Å²) in [5.74, 6) is -1.19. The second-order valence-electron chi connectivity index (χ2n) is 5.90. The minimum atomic E-state index is -3.73. The van der Waals surface area contributed by atoms with Crippen LogP contribution in [0.4, 0.5) is 4.39 Å². The first kappa shape index (κ1) is 13.5. The Hall–Kier alpha value is -1.43. The molecule has 0 atom stereocenters. The molecule has 0 unspecified atom stereocenters. The number of hydrogen-bond acceptors (Lipinski definition) is 3. The second kappa shape index (κ2) is 4.28. The van der Waals surface area contributed by atoms with Crippen molar-refractivity contribution in [1.82, 2.24) is 4.72 Å². The number of benzene rings is 1. The number of carbonyl (C=O) groups is 1. The van der Waals surface area contributed by atoms with Crippen molar-refractivity contribution in [2.24, 2.45) is 0 Å². The molecule has 2 saturated carbocycles. The molecule has 0 bridgehead atoms. The van der Waals surface area contributed by atoms with Gasteiger partial charge in [-0.3, -0.25) is 4.79 Å². The summed E-state index contributed by atoms with van der Waals surface area (Å²) in [5.41, 5.74) is 0.703. The van der Waals surface area contributed by atoms with E-state index in [1.807, 2.05) is 4.72 Å². The lowest BCUT2D eigenvalue weighted by Gasteiger charge is -2.12. The summed E-state index contributed by atoms with van der Waals surface area (Å²) in [6.45, 7) is 1.58. The largest absolute Gasteiger partial charge is 0.268 e. The SMILES string of the molecule is CC1(S(=O)(=O)NC(=O)c2cc(C3CC3)ccc2F)CC1. The normalized spacial score (nSPS) is 20.5. The van der Waals surface area contributed by atoms with Crippen molar-refractivity contribution in [3.05, 3.63) is 35.1 Å². The average molecular weight is 297 g/mol. The second-order valence-corrected chi connectivity index (χ2v) is 8.09. The van der Waals surface area contributed by atoms with E-state index in [0.29, 0.717) is 18.8 Å². The summed E-state index contributed by atoms with van der Waals surface area (Å²) >= 11 is 0. The molecule has 0 spiro atoms. The smallest absolute Gasteiger partial charge is 0.267 e. The van der Waals surface area contributed by atoms with E-state index < -0.39 is 26.5 Å². The highest BCUT2D eigenvalue weighted by Gasteiger charge is 2.51. The maximum atomic E-state index is 13.7. The highest BCUT2D eigenvalue weighted by molar-refractivity contribution is 7.91. The van der Waals surface area contributed by atoms with E-state index in [0.717, 1.165) is 18.4 Å². The molecule has 0 aliphatic heterocycles. The van der Waals surface area contributed by atoms with Gasteiger partial charge in [0.15, 0.2) is 0 Å². The Labute approximate surface area is 117 Å². The van der Waals surface area contributed by atoms with Crippen LogP contribution in [0.5, 0.6) is 0 Å². The van der Waals surface area contributed by atoms with Crippen LogP contribution in [0.3, 0.4) is 0 Å². The Morgan fingerprint density at radius 1 is 1.35 bits per heavy atom. The number of sulfonamides is 1. The lowest BCUT2D eigenvalue weighted by molar-refractivity contribution is 0.0977. The third-order valence-electron chi connectivity index (χ3n) is 4.11. The molecule has 0 radical (unpaired) electrons. The molecule has 2 fully saturated rings. The lowest BCUT2D eigenvalue weighted by Crippen LogP contribution is -2.38. The quantitative estimate of drug-likeness (QED) is 0.927. The van der Waals surface area contributed by atoms with Gasteiger partial charge in [0.25, 0.3) is 5.91 Å². The summed E-state index contributed by atoms with van der Waals surface area (Å²) in [4.78, 5) is 12.0. The van der Waals surface area contributed by atoms with E-state index in [1.54, 1.807) is 13.0 Å². The minimum Gasteiger partial charge on any atom is -0.268 e. The van der Waals surface area contributed by atoms with E-state index in [4.69, 9.17) is 0 Å². The van der Waals surface area contributed by atoms with Crippen molar-refractivity contribution in [1.29, 1.82) is 0 Å². The van der Waals surface area contributed by atoms with Crippen LogP contribution >= 0.6 is 0 Å². The summed E-state index contributed by atoms with van der Waals surface area (Å²) in [7, 11) is -3.73. The van der Waals surface area contributed by atoms with Gasteiger partial charge in [0.05, 0.1) is 10.3 Å². The Morgan fingerprint density at radius 3 is 2.55 bits per heavy atom. The zero-order valence-electron chi connectivity index (χ0n) is 11.1. The number of nitrogens with one attached hydrogen (secondary N) is 1. The number of halogens is 1. The van der Waals surface area contributed by atoms with Gasteiger partial charge >= 0.3 is 0 Å². The number of carbonyl (C=O) groups excluding carboxylic acids is 1. The molecule has 4 nitrogen and oxygen atoms in total. The van der Waals surface area contributed by atoms with Crippen molar-refractivity contribution in [3.63, 3.8) is 0 Å². The first-order chi connectivity index (χ1) is 9.32. The predicted molar refractivity (Wildman–Crippen MR) is 72.4 cm³/mol. The first-order valence-corrected chi connectivity index (χ1v) is 8.17. The van der Waals surface area contributed by atoms with Crippen LogP contribution in [-0.2, 0) is 10.0 Å². The summed E-state index contributed by atoms with van der Waals surface area (Å²) in [6.07, 6.45) is 3.12. The van der Waals surface area contributed by atoms with Gasteiger partial charge in [0, 0.05) is 0 Å². The highest BCUT2D eigenvalue weighted by atomic mass is 32.2. The van der Waals surface area contributed by atoms with Crippen molar-refractivity contribution < 1.29 is 17.6 Å². The number of hydrogen-bond donors (Lipinski definition) is 1. The fourth-order valence-electron chi connectivity index (χ4n) is 2.13. The summed E-state index contributed by atoms with van der Waals surface area (Å²) < 4.78 is 38.8. The third-order valence-corrected chi connectivity index (χ3v) is 6.27. The van der Waals surface area contributed by atoms with Crippen LogP contribution in [0.15, 0.2) is 18.2 Å². The predicted octanol–water partition coefficient (Wildman–Crippen LogP) is 2.32. The topological polar surface area (TPSA) is 63.2 Å². The Balaban J connectivity index is 1.85. The molecule has 108 valence electrons. The number of amides is 1. The standard InChI is InChI=1S/C14H16FNO3S/c1-14(6-7-14)20(18,19)16-13(17)11-8-10(9-2-3-9)4-5-12(11)15/h4-5,8-9H,2-3,6-7H2,1H3,(H,16,17). The van der Waals surface area contributed by atoms with Gasteiger partial charge in [-0.05, 0) is 56.2 Å². The fraction of sp³-hybridized carbons (Fsp3) is 0.500. The molecule has 2 aliphatic carbocycles. The first-order valence-electron chi connectivity index (χ1n) is 6.69. The molecular weight excluding hydrogens is 281 g/mol. The molecule has 0 aromatic heterocycles. The molecule has 3 rings (SSSR count).